The molecule has 0 saturated heterocycles. The van der Waals surface area contributed by atoms with Crippen molar-refractivity contribution in [2.75, 3.05) is 0 Å². The average Bonchev–Trinajstić information content (AvgIpc) is 2.94. The number of rotatable bonds is 1. The quantitative estimate of drug-likeness (QED) is 0.369. The molecule has 1 aromatic heterocycles. The summed E-state index contributed by atoms with van der Waals surface area (Å²) >= 11 is 0. The summed E-state index contributed by atoms with van der Waals surface area (Å²) in [4.78, 5) is 10.0. The highest BCUT2D eigenvalue weighted by atomic mass is 14.8. The molecule has 0 bridgehead atoms. The van der Waals surface area contributed by atoms with Crippen molar-refractivity contribution in [1.82, 2.24) is 4.98 Å². The summed E-state index contributed by atoms with van der Waals surface area (Å²) in [6.45, 7) is 4.24. The SMILES string of the molecule is Cc1ccc2c(c1)-c1nc3c(C)cccc3cc1C2=Nc1ccccc1. The van der Waals surface area contributed by atoms with Crippen LogP contribution in [0.2, 0.25) is 0 Å². The van der Waals surface area contributed by atoms with Gasteiger partial charge in [0.2, 0.25) is 0 Å². The fourth-order valence-corrected chi connectivity index (χ4v) is 3.69. The van der Waals surface area contributed by atoms with Gasteiger partial charge in [-0.1, -0.05) is 54.1 Å². The Morgan fingerprint density at radius 1 is 0.731 bits per heavy atom. The van der Waals surface area contributed by atoms with Crippen LogP contribution in [0.4, 0.5) is 5.69 Å². The van der Waals surface area contributed by atoms with E-state index in [4.69, 9.17) is 9.98 Å². The van der Waals surface area contributed by atoms with Crippen LogP contribution in [0.1, 0.15) is 22.3 Å². The van der Waals surface area contributed by atoms with E-state index in [1.54, 1.807) is 0 Å². The molecule has 0 fully saturated rings. The molecule has 26 heavy (non-hydrogen) atoms. The molecule has 1 aliphatic carbocycles. The fourth-order valence-electron chi connectivity index (χ4n) is 3.69. The van der Waals surface area contributed by atoms with Gasteiger partial charge in [0.25, 0.3) is 0 Å². The Labute approximate surface area is 152 Å². The first-order chi connectivity index (χ1) is 12.7. The van der Waals surface area contributed by atoms with Crippen molar-refractivity contribution in [1.29, 1.82) is 0 Å². The molecule has 0 spiro atoms. The summed E-state index contributed by atoms with van der Waals surface area (Å²) in [5.74, 6) is 0. The van der Waals surface area contributed by atoms with E-state index >= 15 is 0 Å². The molecule has 2 heteroatoms. The van der Waals surface area contributed by atoms with Crippen molar-refractivity contribution in [3.63, 3.8) is 0 Å². The molecular formula is C24H18N2. The van der Waals surface area contributed by atoms with Gasteiger partial charge in [-0.25, -0.2) is 9.98 Å². The smallest absolute Gasteiger partial charge is 0.0811 e. The number of benzene rings is 3. The van der Waals surface area contributed by atoms with Crippen LogP contribution in [0.25, 0.3) is 22.2 Å². The highest BCUT2D eigenvalue weighted by Crippen LogP contribution is 2.39. The lowest BCUT2D eigenvalue weighted by molar-refractivity contribution is 1.36. The zero-order valence-electron chi connectivity index (χ0n) is 14.8. The number of aliphatic imine (C=N–C) groups is 1. The van der Waals surface area contributed by atoms with Gasteiger partial charge in [0.1, 0.15) is 0 Å². The molecule has 0 amide bonds. The van der Waals surface area contributed by atoms with Crippen LogP contribution < -0.4 is 0 Å². The molecule has 124 valence electrons. The monoisotopic (exact) mass is 334 g/mol. The van der Waals surface area contributed by atoms with Crippen molar-refractivity contribution in [2.24, 2.45) is 4.99 Å². The predicted molar refractivity (Wildman–Crippen MR) is 108 cm³/mol. The zero-order valence-corrected chi connectivity index (χ0v) is 14.8. The van der Waals surface area contributed by atoms with E-state index in [1.807, 2.05) is 30.3 Å². The van der Waals surface area contributed by atoms with Crippen LogP contribution in [-0.4, -0.2) is 10.7 Å². The minimum atomic E-state index is 0.964. The summed E-state index contributed by atoms with van der Waals surface area (Å²) in [5, 5.41) is 1.16. The molecule has 2 nitrogen and oxygen atoms in total. The third-order valence-corrected chi connectivity index (χ3v) is 4.99. The molecule has 0 atom stereocenters. The molecule has 0 N–H and O–H groups in total. The Kier molecular flexibility index (Phi) is 3.26. The molecule has 1 heterocycles. The maximum absolute atomic E-state index is 5.05. The predicted octanol–water partition coefficient (Wildman–Crippen LogP) is 6.00. The largest absolute Gasteiger partial charge is 0.248 e. The first kappa shape index (κ1) is 15.0. The molecule has 0 saturated carbocycles. The van der Waals surface area contributed by atoms with Crippen LogP contribution in [0.5, 0.6) is 0 Å². The van der Waals surface area contributed by atoms with E-state index in [9.17, 15) is 0 Å². The van der Waals surface area contributed by atoms with Gasteiger partial charge in [-0.2, -0.15) is 0 Å². The van der Waals surface area contributed by atoms with Gasteiger partial charge in [0, 0.05) is 22.1 Å². The first-order valence-electron chi connectivity index (χ1n) is 8.86. The number of hydrogen-bond acceptors (Lipinski definition) is 2. The minimum absolute atomic E-state index is 0.964. The second kappa shape index (κ2) is 5.63. The van der Waals surface area contributed by atoms with E-state index < -0.39 is 0 Å². The average molecular weight is 334 g/mol. The van der Waals surface area contributed by atoms with Crippen molar-refractivity contribution in [3.05, 3.63) is 95.1 Å². The highest BCUT2D eigenvalue weighted by molar-refractivity contribution is 6.25. The molecular weight excluding hydrogens is 316 g/mol. The number of nitrogens with zero attached hydrogens (tertiary/aromatic N) is 2. The molecule has 0 radical (unpaired) electrons. The van der Waals surface area contributed by atoms with Crippen LogP contribution in [0, 0.1) is 13.8 Å². The van der Waals surface area contributed by atoms with E-state index in [0.717, 1.165) is 39.1 Å². The molecule has 3 aromatic carbocycles. The van der Waals surface area contributed by atoms with Gasteiger partial charge in [0.05, 0.1) is 22.6 Å². The Balaban J connectivity index is 1.85. The first-order valence-corrected chi connectivity index (χ1v) is 8.86. The molecule has 0 aliphatic heterocycles. The lowest BCUT2D eigenvalue weighted by Crippen LogP contribution is -1.98. The van der Waals surface area contributed by atoms with Gasteiger partial charge in [-0.05, 0) is 43.7 Å². The van der Waals surface area contributed by atoms with Gasteiger partial charge < -0.3 is 0 Å². The van der Waals surface area contributed by atoms with Crippen molar-refractivity contribution >= 4 is 22.3 Å². The molecule has 0 unspecified atom stereocenters. The van der Waals surface area contributed by atoms with Crippen molar-refractivity contribution in [2.45, 2.75) is 13.8 Å². The number of fused-ring (bicyclic) bond motifs is 4. The number of pyridine rings is 1. The van der Waals surface area contributed by atoms with Gasteiger partial charge in [-0.3, -0.25) is 0 Å². The number of hydrogen-bond donors (Lipinski definition) is 0. The van der Waals surface area contributed by atoms with Gasteiger partial charge in [0.15, 0.2) is 0 Å². The highest BCUT2D eigenvalue weighted by Gasteiger charge is 2.27. The lowest BCUT2D eigenvalue weighted by atomic mass is 10.1. The van der Waals surface area contributed by atoms with E-state index in [2.05, 4.69) is 56.3 Å². The second-order valence-corrected chi connectivity index (χ2v) is 6.88. The number of aromatic nitrogens is 1. The van der Waals surface area contributed by atoms with Crippen LogP contribution in [0.3, 0.4) is 0 Å². The van der Waals surface area contributed by atoms with Crippen LogP contribution >= 0.6 is 0 Å². The summed E-state index contributed by atoms with van der Waals surface area (Å²) in [5.41, 5.74) is 9.99. The Morgan fingerprint density at radius 3 is 2.42 bits per heavy atom. The summed E-state index contributed by atoms with van der Waals surface area (Å²) < 4.78 is 0. The Hall–Kier alpha value is -3.26. The molecule has 5 rings (SSSR count). The fraction of sp³-hybridized carbons (Fsp3) is 0.0833. The third kappa shape index (κ3) is 2.26. The Bertz CT molecular complexity index is 1190. The molecule has 4 aromatic rings. The minimum Gasteiger partial charge on any atom is -0.248 e. The maximum atomic E-state index is 5.05. The van der Waals surface area contributed by atoms with E-state index in [0.29, 0.717) is 0 Å². The van der Waals surface area contributed by atoms with Gasteiger partial charge >= 0.3 is 0 Å². The standard InChI is InChI=1S/C24H18N2/c1-15-11-12-19-20(13-15)24-21(23(19)25-18-9-4-3-5-10-18)14-17-8-6-7-16(2)22(17)26-24/h3-14H,1-2H3. The Morgan fingerprint density at radius 2 is 1.58 bits per heavy atom. The van der Waals surface area contributed by atoms with E-state index in [1.165, 1.54) is 16.7 Å². The maximum Gasteiger partial charge on any atom is 0.0811 e. The normalized spacial score (nSPS) is 13.8. The number of para-hydroxylation sites is 2. The molecule has 1 aliphatic rings. The third-order valence-electron chi connectivity index (χ3n) is 4.99. The zero-order chi connectivity index (χ0) is 17.7. The van der Waals surface area contributed by atoms with Gasteiger partial charge in [-0.15, -0.1) is 0 Å². The summed E-state index contributed by atoms with van der Waals surface area (Å²) in [6.07, 6.45) is 0. The lowest BCUT2D eigenvalue weighted by Gasteiger charge is -2.06. The topological polar surface area (TPSA) is 25.2 Å². The van der Waals surface area contributed by atoms with E-state index in [-0.39, 0.29) is 0 Å². The number of aryl methyl sites for hydroxylation is 2. The van der Waals surface area contributed by atoms with Crippen molar-refractivity contribution in [3.8, 4) is 11.3 Å². The van der Waals surface area contributed by atoms with Crippen molar-refractivity contribution < 1.29 is 0 Å². The van der Waals surface area contributed by atoms with Crippen LogP contribution in [-0.2, 0) is 0 Å². The second-order valence-electron chi connectivity index (χ2n) is 6.88. The summed E-state index contributed by atoms with van der Waals surface area (Å²) in [6, 6.07) is 25.3. The van der Waals surface area contributed by atoms with Crippen LogP contribution in [0.15, 0.2) is 77.8 Å². The summed E-state index contributed by atoms with van der Waals surface area (Å²) in [7, 11) is 0.